The Bertz CT molecular complexity index is 322. The molecule has 18 heavy (non-hydrogen) atoms. The SMILES string of the molecule is Cl.Cl.c1cc([C@H](CC2CC2)N2CCNCC2)co1. The predicted molar refractivity (Wildman–Crippen MR) is 77.7 cm³/mol. The molecule has 1 N–H and O–H groups in total. The highest BCUT2D eigenvalue weighted by molar-refractivity contribution is 5.85. The third-order valence-corrected chi connectivity index (χ3v) is 3.77. The fraction of sp³-hybridized carbons (Fsp3) is 0.692. The molecular formula is C13H22Cl2N2O. The van der Waals surface area contributed by atoms with Gasteiger partial charge in [0.15, 0.2) is 0 Å². The Morgan fingerprint density at radius 2 is 2.00 bits per heavy atom. The maximum Gasteiger partial charge on any atom is 0.0950 e. The summed E-state index contributed by atoms with van der Waals surface area (Å²) in [6.45, 7) is 4.59. The van der Waals surface area contributed by atoms with E-state index in [2.05, 4.69) is 16.3 Å². The molecule has 0 aromatic carbocycles. The molecule has 1 atom stereocenters. The van der Waals surface area contributed by atoms with Gasteiger partial charge < -0.3 is 9.73 Å². The molecule has 1 aromatic rings. The number of piperazine rings is 1. The molecule has 1 aliphatic heterocycles. The van der Waals surface area contributed by atoms with Crippen LogP contribution in [0.15, 0.2) is 23.0 Å². The van der Waals surface area contributed by atoms with Gasteiger partial charge in [0.25, 0.3) is 0 Å². The third kappa shape index (κ3) is 3.89. The predicted octanol–water partition coefficient (Wildman–Crippen LogP) is 2.87. The molecule has 1 saturated heterocycles. The van der Waals surface area contributed by atoms with Gasteiger partial charge in [-0.05, 0) is 18.4 Å². The number of hydrogen-bond acceptors (Lipinski definition) is 3. The standard InChI is InChI=1S/C13H20N2O.2ClH/c1-2-11(1)9-13(12-3-8-16-10-12)15-6-4-14-5-7-15;;/h3,8,10-11,13-14H,1-2,4-7,9H2;2*1H/t13-;;/m0../s1. The van der Waals surface area contributed by atoms with E-state index in [0.29, 0.717) is 6.04 Å². The number of rotatable bonds is 4. The first-order chi connectivity index (χ1) is 7.93. The molecule has 3 rings (SSSR count). The molecule has 2 fully saturated rings. The second kappa shape index (κ2) is 7.39. The summed E-state index contributed by atoms with van der Waals surface area (Å²) < 4.78 is 5.25. The monoisotopic (exact) mass is 292 g/mol. The van der Waals surface area contributed by atoms with Gasteiger partial charge in [0, 0.05) is 37.8 Å². The highest BCUT2D eigenvalue weighted by Gasteiger charge is 2.30. The quantitative estimate of drug-likeness (QED) is 0.925. The van der Waals surface area contributed by atoms with Gasteiger partial charge >= 0.3 is 0 Å². The molecule has 104 valence electrons. The zero-order valence-electron chi connectivity index (χ0n) is 10.5. The molecule has 1 aliphatic carbocycles. The van der Waals surface area contributed by atoms with Crippen molar-refractivity contribution in [2.75, 3.05) is 26.2 Å². The van der Waals surface area contributed by atoms with Gasteiger partial charge in [0.1, 0.15) is 0 Å². The molecule has 2 aliphatic rings. The number of hydrogen-bond donors (Lipinski definition) is 1. The second-order valence-electron chi connectivity index (χ2n) is 5.04. The maximum absolute atomic E-state index is 5.25. The summed E-state index contributed by atoms with van der Waals surface area (Å²) in [6.07, 6.45) is 7.91. The average molecular weight is 293 g/mol. The van der Waals surface area contributed by atoms with Crippen molar-refractivity contribution in [2.45, 2.75) is 25.3 Å². The fourth-order valence-electron chi connectivity index (χ4n) is 2.62. The van der Waals surface area contributed by atoms with Crippen molar-refractivity contribution >= 4 is 24.8 Å². The highest BCUT2D eigenvalue weighted by atomic mass is 35.5. The van der Waals surface area contributed by atoms with Crippen LogP contribution in [0.3, 0.4) is 0 Å². The minimum absolute atomic E-state index is 0. The Morgan fingerprint density at radius 3 is 2.56 bits per heavy atom. The minimum atomic E-state index is 0. The number of nitrogens with zero attached hydrogens (tertiary/aromatic N) is 1. The summed E-state index contributed by atoms with van der Waals surface area (Å²) in [5.74, 6) is 0.967. The van der Waals surface area contributed by atoms with Crippen molar-refractivity contribution in [1.29, 1.82) is 0 Å². The van der Waals surface area contributed by atoms with Gasteiger partial charge in [0.2, 0.25) is 0 Å². The van der Waals surface area contributed by atoms with E-state index in [0.717, 1.165) is 19.0 Å². The molecule has 1 saturated carbocycles. The van der Waals surface area contributed by atoms with Gasteiger partial charge in [-0.1, -0.05) is 12.8 Å². The molecule has 5 heteroatoms. The summed E-state index contributed by atoms with van der Waals surface area (Å²) in [7, 11) is 0. The lowest BCUT2D eigenvalue weighted by molar-refractivity contribution is 0.160. The summed E-state index contributed by atoms with van der Waals surface area (Å²) in [4.78, 5) is 2.61. The van der Waals surface area contributed by atoms with Crippen LogP contribution < -0.4 is 5.32 Å². The minimum Gasteiger partial charge on any atom is -0.472 e. The molecule has 0 amide bonds. The van der Waals surface area contributed by atoms with Crippen LogP contribution in [-0.4, -0.2) is 31.1 Å². The van der Waals surface area contributed by atoms with E-state index in [1.807, 2.05) is 6.26 Å². The first-order valence-electron chi connectivity index (χ1n) is 6.40. The molecule has 0 unspecified atom stereocenters. The summed E-state index contributed by atoms with van der Waals surface area (Å²) in [6, 6.07) is 2.73. The Hall–Kier alpha value is -0.220. The van der Waals surface area contributed by atoms with E-state index in [4.69, 9.17) is 4.42 Å². The van der Waals surface area contributed by atoms with E-state index in [1.165, 1.54) is 37.9 Å². The Balaban J connectivity index is 0.000000810. The fourth-order valence-corrected chi connectivity index (χ4v) is 2.62. The van der Waals surface area contributed by atoms with Gasteiger partial charge in [-0.2, -0.15) is 0 Å². The lowest BCUT2D eigenvalue weighted by Crippen LogP contribution is -2.45. The topological polar surface area (TPSA) is 28.4 Å². The molecule has 0 radical (unpaired) electrons. The molecule has 0 spiro atoms. The molecule has 1 aromatic heterocycles. The normalized spacial score (nSPS) is 21.8. The van der Waals surface area contributed by atoms with Gasteiger partial charge in [-0.15, -0.1) is 24.8 Å². The largest absolute Gasteiger partial charge is 0.472 e. The van der Waals surface area contributed by atoms with E-state index >= 15 is 0 Å². The van der Waals surface area contributed by atoms with Crippen LogP contribution in [0.4, 0.5) is 0 Å². The Morgan fingerprint density at radius 1 is 1.28 bits per heavy atom. The second-order valence-corrected chi connectivity index (χ2v) is 5.04. The zero-order valence-corrected chi connectivity index (χ0v) is 12.1. The first kappa shape index (κ1) is 15.8. The van der Waals surface area contributed by atoms with Gasteiger partial charge in [0.05, 0.1) is 12.5 Å². The lowest BCUT2D eigenvalue weighted by Gasteiger charge is -2.34. The van der Waals surface area contributed by atoms with Gasteiger partial charge in [-0.25, -0.2) is 0 Å². The molecule has 2 heterocycles. The Kier molecular flexibility index (Phi) is 6.50. The average Bonchev–Trinajstić information content (AvgIpc) is 3.00. The number of halogens is 2. The van der Waals surface area contributed by atoms with Crippen LogP contribution in [0.2, 0.25) is 0 Å². The van der Waals surface area contributed by atoms with Crippen LogP contribution in [-0.2, 0) is 0 Å². The van der Waals surface area contributed by atoms with Crippen LogP contribution in [0.25, 0.3) is 0 Å². The maximum atomic E-state index is 5.25. The molecule has 0 bridgehead atoms. The van der Waals surface area contributed by atoms with Crippen molar-refractivity contribution in [1.82, 2.24) is 10.2 Å². The molecule has 3 nitrogen and oxygen atoms in total. The van der Waals surface area contributed by atoms with Crippen molar-refractivity contribution in [3.8, 4) is 0 Å². The first-order valence-corrected chi connectivity index (χ1v) is 6.40. The smallest absolute Gasteiger partial charge is 0.0950 e. The van der Waals surface area contributed by atoms with Gasteiger partial charge in [-0.3, -0.25) is 4.90 Å². The van der Waals surface area contributed by atoms with Crippen molar-refractivity contribution in [3.05, 3.63) is 24.2 Å². The van der Waals surface area contributed by atoms with E-state index < -0.39 is 0 Å². The lowest BCUT2D eigenvalue weighted by atomic mass is 10.0. The van der Waals surface area contributed by atoms with E-state index in [9.17, 15) is 0 Å². The van der Waals surface area contributed by atoms with Crippen molar-refractivity contribution < 1.29 is 4.42 Å². The summed E-state index contributed by atoms with van der Waals surface area (Å²) >= 11 is 0. The third-order valence-electron chi connectivity index (χ3n) is 3.77. The Labute approximate surface area is 121 Å². The van der Waals surface area contributed by atoms with E-state index in [1.54, 1.807) is 6.26 Å². The van der Waals surface area contributed by atoms with Crippen molar-refractivity contribution in [2.24, 2.45) is 5.92 Å². The van der Waals surface area contributed by atoms with Crippen LogP contribution >= 0.6 is 24.8 Å². The molecular weight excluding hydrogens is 271 g/mol. The highest BCUT2D eigenvalue weighted by Crippen LogP contribution is 2.40. The van der Waals surface area contributed by atoms with Crippen LogP contribution in [0, 0.1) is 5.92 Å². The number of nitrogens with one attached hydrogen (secondary N) is 1. The summed E-state index contributed by atoms with van der Waals surface area (Å²) in [5.41, 5.74) is 1.37. The van der Waals surface area contributed by atoms with Crippen LogP contribution in [0.1, 0.15) is 30.9 Å². The summed E-state index contributed by atoms with van der Waals surface area (Å²) in [5, 5.41) is 3.42. The van der Waals surface area contributed by atoms with Crippen LogP contribution in [0.5, 0.6) is 0 Å². The number of furan rings is 1. The van der Waals surface area contributed by atoms with E-state index in [-0.39, 0.29) is 24.8 Å². The van der Waals surface area contributed by atoms with Crippen molar-refractivity contribution in [3.63, 3.8) is 0 Å². The zero-order chi connectivity index (χ0) is 10.8.